The van der Waals surface area contributed by atoms with Gasteiger partial charge in [-0.15, -0.1) is 11.3 Å². The van der Waals surface area contributed by atoms with Crippen molar-refractivity contribution in [3.8, 4) is 0 Å². The van der Waals surface area contributed by atoms with E-state index in [1.807, 2.05) is 0 Å². The molecular weight excluding hydrogens is 484 g/mol. The Kier molecular flexibility index (Phi) is 6.98. The van der Waals surface area contributed by atoms with E-state index in [9.17, 15) is 29.6 Å². The van der Waals surface area contributed by atoms with Crippen LogP contribution in [0.15, 0.2) is 71.6 Å². The van der Waals surface area contributed by atoms with Crippen molar-refractivity contribution < 1.29 is 29.2 Å². The fourth-order valence-corrected chi connectivity index (χ4v) is 4.78. The number of nitro benzene ring substituents is 1. The van der Waals surface area contributed by atoms with Crippen LogP contribution in [0.25, 0.3) is 5.76 Å². The lowest BCUT2D eigenvalue weighted by Gasteiger charge is -2.24. The number of Topliss-reactive ketones (excluding diaryl/α,β-unsaturated/α-hetero) is 1. The van der Waals surface area contributed by atoms with Gasteiger partial charge in [0.05, 0.1) is 23.0 Å². The molecule has 0 aliphatic carbocycles. The molecule has 3 aromatic rings. The van der Waals surface area contributed by atoms with E-state index in [4.69, 9.17) is 4.74 Å². The number of ether oxygens (including phenoxy) is 1. The number of thiophene rings is 1. The molecule has 0 radical (unpaired) electrons. The van der Waals surface area contributed by atoms with Crippen LogP contribution >= 0.6 is 11.3 Å². The summed E-state index contributed by atoms with van der Waals surface area (Å²) in [5.41, 5.74) is 0.998. The number of benzene rings is 2. The predicted octanol–water partition coefficient (Wildman–Crippen LogP) is 4.78. The summed E-state index contributed by atoms with van der Waals surface area (Å²) >= 11 is 1.32. The molecule has 1 amide bonds. The van der Waals surface area contributed by atoms with Gasteiger partial charge in [0.15, 0.2) is 0 Å². The zero-order chi connectivity index (χ0) is 26.0. The van der Waals surface area contributed by atoms with Crippen LogP contribution in [0, 0.1) is 10.1 Å². The van der Waals surface area contributed by atoms with E-state index in [-0.39, 0.29) is 35.3 Å². The van der Waals surface area contributed by atoms with Crippen LogP contribution in [0.3, 0.4) is 0 Å². The second-order valence-corrected chi connectivity index (χ2v) is 9.35. The summed E-state index contributed by atoms with van der Waals surface area (Å²) in [6.07, 6.45) is -0.170. The predicted molar refractivity (Wildman–Crippen MR) is 134 cm³/mol. The van der Waals surface area contributed by atoms with Crippen LogP contribution < -0.4 is 4.90 Å². The van der Waals surface area contributed by atoms with Crippen molar-refractivity contribution in [1.29, 1.82) is 0 Å². The molecule has 1 saturated heterocycles. The molecule has 2 aromatic carbocycles. The average Bonchev–Trinajstić information content (AvgIpc) is 3.46. The van der Waals surface area contributed by atoms with E-state index in [0.29, 0.717) is 16.1 Å². The normalized spacial score (nSPS) is 17.0. The monoisotopic (exact) mass is 506 g/mol. The van der Waals surface area contributed by atoms with E-state index in [0.717, 1.165) is 0 Å². The van der Waals surface area contributed by atoms with Gasteiger partial charge in [-0.2, -0.15) is 0 Å². The molecule has 10 heteroatoms. The van der Waals surface area contributed by atoms with Crippen LogP contribution in [-0.2, 0) is 25.5 Å². The Bertz CT molecular complexity index is 1340. The summed E-state index contributed by atoms with van der Waals surface area (Å²) < 4.78 is 5.17. The Morgan fingerprint density at radius 2 is 1.78 bits per heavy atom. The van der Waals surface area contributed by atoms with Crippen LogP contribution in [0.1, 0.15) is 35.9 Å². The largest absolute Gasteiger partial charge is 0.507 e. The topological polar surface area (TPSA) is 127 Å². The summed E-state index contributed by atoms with van der Waals surface area (Å²) in [6, 6.07) is 14.4. The van der Waals surface area contributed by atoms with Crippen molar-refractivity contribution in [2.24, 2.45) is 0 Å². The Hall–Kier alpha value is -4.31. The van der Waals surface area contributed by atoms with Crippen molar-refractivity contribution in [2.75, 3.05) is 4.90 Å². The van der Waals surface area contributed by atoms with Gasteiger partial charge in [0.25, 0.3) is 17.4 Å². The Morgan fingerprint density at radius 1 is 1.11 bits per heavy atom. The molecule has 1 N–H and O–H groups in total. The van der Waals surface area contributed by atoms with Gasteiger partial charge in [0.2, 0.25) is 0 Å². The van der Waals surface area contributed by atoms with Gasteiger partial charge in [-0.3, -0.25) is 29.4 Å². The third-order valence-corrected chi connectivity index (χ3v) is 6.46. The summed E-state index contributed by atoms with van der Waals surface area (Å²) in [5.74, 6) is -2.48. The third-order valence-electron chi connectivity index (χ3n) is 5.54. The van der Waals surface area contributed by atoms with Crippen LogP contribution in [0.5, 0.6) is 0 Å². The molecule has 1 atom stereocenters. The number of nitrogens with zero attached hydrogens (tertiary/aromatic N) is 2. The highest BCUT2D eigenvalue weighted by atomic mass is 32.1. The maximum absolute atomic E-state index is 13.2. The number of aliphatic hydroxyl groups excluding tert-OH is 1. The number of carbonyl (C=O) groups is 3. The molecule has 184 valence electrons. The Morgan fingerprint density at radius 3 is 2.33 bits per heavy atom. The number of non-ortho nitro benzene ring substituents is 1. The minimum absolute atomic E-state index is 0.0613. The lowest BCUT2D eigenvalue weighted by atomic mass is 9.99. The van der Waals surface area contributed by atoms with Gasteiger partial charge < -0.3 is 9.84 Å². The number of carbonyl (C=O) groups excluding carboxylic acids is 3. The maximum atomic E-state index is 13.2. The first-order valence-corrected chi connectivity index (χ1v) is 11.9. The quantitative estimate of drug-likeness (QED) is 0.122. The van der Waals surface area contributed by atoms with Gasteiger partial charge in [0.1, 0.15) is 11.8 Å². The molecule has 1 fully saturated rings. The molecule has 9 nitrogen and oxygen atoms in total. The lowest BCUT2D eigenvalue weighted by Crippen LogP contribution is -2.29. The fraction of sp³-hybridized carbons (Fsp3) is 0.192. The summed E-state index contributed by atoms with van der Waals surface area (Å²) in [6.45, 7) is 3.53. The third kappa shape index (κ3) is 4.89. The minimum Gasteiger partial charge on any atom is -0.507 e. The van der Waals surface area contributed by atoms with Crippen molar-refractivity contribution >= 4 is 46.1 Å². The number of amides is 1. The minimum atomic E-state index is -0.892. The number of hydrogen-bond donors (Lipinski definition) is 1. The van der Waals surface area contributed by atoms with E-state index >= 15 is 0 Å². The van der Waals surface area contributed by atoms with E-state index in [2.05, 4.69) is 0 Å². The van der Waals surface area contributed by atoms with Gasteiger partial charge in [-0.25, -0.2) is 0 Å². The standard InChI is InChI=1S/C26H22N2O7S/c1-15(2)35-21(29)14-16-5-9-18(10-6-16)27-23(20-4-3-13-36-20)22(25(31)26(27)32)24(30)17-7-11-19(12-8-17)28(33)34/h3-13,15,23,30H,14H2,1-2H3/b24-22-. The first kappa shape index (κ1) is 24.8. The SMILES string of the molecule is CC(C)OC(=O)Cc1ccc(N2C(=O)C(=O)/C(=C(\O)c3ccc([N+](=O)[O-])cc3)C2c2cccs2)cc1. The number of rotatable bonds is 7. The van der Waals surface area contributed by atoms with Crippen LogP contribution in [-0.4, -0.2) is 33.8 Å². The maximum Gasteiger partial charge on any atom is 0.310 e. The molecule has 2 heterocycles. The van der Waals surface area contributed by atoms with Gasteiger partial charge in [-0.1, -0.05) is 18.2 Å². The van der Waals surface area contributed by atoms with Gasteiger partial charge in [-0.05, 0) is 55.1 Å². The highest BCUT2D eigenvalue weighted by molar-refractivity contribution is 7.10. The highest BCUT2D eigenvalue weighted by Gasteiger charge is 2.47. The molecule has 1 aliphatic rings. The van der Waals surface area contributed by atoms with E-state index in [1.165, 1.54) is 40.5 Å². The molecule has 0 saturated carbocycles. The summed E-state index contributed by atoms with van der Waals surface area (Å²) in [4.78, 5) is 50.6. The van der Waals surface area contributed by atoms with Crippen molar-refractivity contribution in [2.45, 2.75) is 32.4 Å². The van der Waals surface area contributed by atoms with Crippen molar-refractivity contribution in [3.63, 3.8) is 0 Å². The van der Waals surface area contributed by atoms with Gasteiger partial charge >= 0.3 is 5.97 Å². The number of nitro groups is 1. The molecule has 36 heavy (non-hydrogen) atoms. The zero-order valence-electron chi connectivity index (χ0n) is 19.4. The highest BCUT2D eigenvalue weighted by Crippen LogP contribution is 2.43. The molecular formula is C26H22N2O7S. The first-order chi connectivity index (χ1) is 17.2. The van der Waals surface area contributed by atoms with Crippen molar-refractivity contribution in [1.82, 2.24) is 0 Å². The molecule has 4 rings (SSSR count). The lowest BCUT2D eigenvalue weighted by molar-refractivity contribution is -0.384. The molecule has 0 bridgehead atoms. The number of ketones is 1. The number of anilines is 1. The van der Waals surface area contributed by atoms with Crippen LogP contribution in [0.4, 0.5) is 11.4 Å². The molecule has 1 aliphatic heterocycles. The Balaban J connectivity index is 1.73. The second-order valence-electron chi connectivity index (χ2n) is 8.37. The number of hydrogen-bond acceptors (Lipinski definition) is 8. The average molecular weight is 507 g/mol. The molecule has 1 unspecified atom stereocenters. The summed E-state index contributed by atoms with van der Waals surface area (Å²) in [5, 5.41) is 23.8. The second kappa shape index (κ2) is 10.1. The smallest absolute Gasteiger partial charge is 0.310 e. The zero-order valence-corrected chi connectivity index (χ0v) is 20.2. The molecule has 0 spiro atoms. The Labute approximate surface area is 210 Å². The van der Waals surface area contributed by atoms with E-state index in [1.54, 1.807) is 55.6 Å². The first-order valence-electron chi connectivity index (χ1n) is 11.0. The van der Waals surface area contributed by atoms with Crippen LogP contribution in [0.2, 0.25) is 0 Å². The molecule has 1 aromatic heterocycles. The van der Waals surface area contributed by atoms with Gasteiger partial charge in [0, 0.05) is 28.3 Å². The van der Waals surface area contributed by atoms with Crippen molar-refractivity contribution in [3.05, 3.63) is 97.7 Å². The number of esters is 1. The number of aliphatic hydroxyl groups is 1. The summed E-state index contributed by atoms with van der Waals surface area (Å²) in [7, 11) is 0. The van der Waals surface area contributed by atoms with E-state index < -0.39 is 28.4 Å². The fourth-order valence-electron chi connectivity index (χ4n) is 3.96.